The second-order valence-electron chi connectivity index (χ2n) is 6.95. The summed E-state index contributed by atoms with van der Waals surface area (Å²) in [4.78, 5) is 26.4. The molecule has 0 saturated heterocycles. The molecule has 3 aromatic carbocycles. The summed E-state index contributed by atoms with van der Waals surface area (Å²) in [5, 5.41) is 1.32. The van der Waals surface area contributed by atoms with E-state index in [4.69, 9.17) is 27.6 Å². The molecule has 148 valence electrons. The van der Waals surface area contributed by atoms with Crippen molar-refractivity contribution in [3.05, 3.63) is 93.4 Å². The van der Waals surface area contributed by atoms with E-state index in [1.54, 1.807) is 48.5 Å². The SMILES string of the molecule is O=C1c2ccccc2C(=O)N1Cc1cc2cc(F)cc(-c3ccc(Cl)cc3Cl)c2o1. The Morgan fingerprint density at radius 2 is 1.53 bits per heavy atom. The predicted molar refractivity (Wildman–Crippen MR) is 112 cm³/mol. The van der Waals surface area contributed by atoms with Gasteiger partial charge in [-0.05, 0) is 42.5 Å². The van der Waals surface area contributed by atoms with Crippen LogP contribution in [0.25, 0.3) is 22.1 Å². The summed E-state index contributed by atoms with van der Waals surface area (Å²) in [7, 11) is 0. The monoisotopic (exact) mass is 439 g/mol. The van der Waals surface area contributed by atoms with Crippen LogP contribution in [-0.4, -0.2) is 16.7 Å². The van der Waals surface area contributed by atoms with E-state index in [0.29, 0.717) is 49.0 Å². The van der Waals surface area contributed by atoms with Gasteiger partial charge in [-0.15, -0.1) is 0 Å². The van der Waals surface area contributed by atoms with Crippen molar-refractivity contribution in [2.75, 3.05) is 0 Å². The van der Waals surface area contributed by atoms with Crippen molar-refractivity contribution >= 4 is 46.0 Å². The molecule has 4 aromatic rings. The fourth-order valence-electron chi connectivity index (χ4n) is 3.69. The number of carbonyl (C=O) groups excluding carboxylic acids is 2. The molecule has 0 saturated carbocycles. The van der Waals surface area contributed by atoms with Gasteiger partial charge < -0.3 is 4.42 Å². The van der Waals surface area contributed by atoms with Gasteiger partial charge >= 0.3 is 0 Å². The maximum Gasteiger partial charge on any atom is 0.261 e. The van der Waals surface area contributed by atoms with E-state index in [0.717, 1.165) is 4.90 Å². The molecule has 0 bridgehead atoms. The fourth-order valence-corrected chi connectivity index (χ4v) is 4.20. The molecular weight excluding hydrogens is 428 g/mol. The number of amides is 2. The lowest BCUT2D eigenvalue weighted by atomic mass is 10.0. The summed E-state index contributed by atoms with van der Waals surface area (Å²) in [5.74, 6) is -0.876. The van der Waals surface area contributed by atoms with Crippen LogP contribution < -0.4 is 0 Å². The largest absolute Gasteiger partial charge is 0.459 e. The fraction of sp³-hybridized carbons (Fsp3) is 0.0435. The number of benzene rings is 3. The Hall–Kier alpha value is -3.15. The van der Waals surface area contributed by atoms with Crippen LogP contribution in [0, 0.1) is 5.82 Å². The Kier molecular flexibility index (Phi) is 4.38. The molecule has 30 heavy (non-hydrogen) atoms. The molecule has 1 aromatic heterocycles. The molecule has 2 heterocycles. The van der Waals surface area contributed by atoms with Crippen molar-refractivity contribution in [2.45, 2.75) is 6.54 Å². The number of carbonyl (C=O) groups is 2. The van der Waals surface area contributed by atoms with Gasteiger partial charge in [-0.2, -0.15) is 0 Å². The molecule has 0 N–H and O–H groups in total. The standard InChI is InChI=1S/C23H12Cl2FNO3/c24-13-5-6-16(20(25)9-13)19-10-14(26)7-12-8-15(30-21(12)19)11-27-22(28)17-3-1-2-4-18(17)23(27)29/h1-10H,11H2. The summed E-state index contributed by atoms with van der Waals surface area (Å²) < 4.78 is 20.2. The molecule has 4 nitrogen and oxygen atoms in total. The van der Waals surface area contributed by atoms with E-state index in [2.05, 4.69) is 0 Å². The maximum atomic E-state index is 14.3. The highest BCUT2D eigenvalue weighted by Gasteiger charge is 2.35. The molecule has 0 atom stereocenters. The van der Waals surface area contributed by atoms with Crippen LogP contribution in [0.3, 0.4) is 0 Å². The Labute approximate surface area is 180 Å². The van der Waals surface area contributed by atoms with Crippen LogP contribution in [0.2, 0.25) is 10.0 Å². The molecule has 1 aliphatic rings. The van der Waals surface area contributed by atoms with Crippen molar-refractivity contribution in [3.8, 4) is 11.1 Å². The van der Waals surface area contributed by atoms with Crippen molar-refractivity contribution in [3.63, 3.8) is 0 Å². The lowest BCUT2D eigenvalue weighted by molar-refractivity contribution is 0.0632. The van der Waals surface area contributed by atoms with Crippen LogP contribution in [0.4, 0.5) is 4.39 Å². The Bertz CT molecular complexity index is 1330. The molecule has 5 rings (SSSR count). The van der Waals surface area contributed by atoms with Gasteiger partial charge in [-0.25, -0.2) is 4.39 Å². The average molecular weight is 440 g/mol. The van der Waals surface area contributed by atoms with Gasteiger partial charge in [0, 0.05) is 21.5 Å². The van der Waals surface area contributed by atoms with E-state index in [1.807, 2.05) is 0 Å². The first-order valence-electron chi connectivity index (χ1n) is 9.05. The lowest BCUT2D eigenvalue weighted by Gasteiger charge is -2.11. The van der Waals surface area contributed by atoms with Gasteiger partial charge in [0.1, 0.15) is 17.2 Å². The number of fused-ring (bicyclic) bond motifs is 2. The molecule has 7 heteroatoms. The van der Waals surface area contributed by atoms with Crippen molar-refractivity contribution in [2.24, 2.45) is 0 Å². The van der Waals surface area contributed by atoms with Crippen molar-refractivity contribution < 1.29 is 18.4 Å². The zero-order chi connectivity index (χ0) is 21.0. The predicted octanol–water partition coefficient (Wildman–Crippen LogP) is 6.34. The maximum absolute atomic E-state index is 14.3. The zero-order valence-electron chi connectivity index (χ0n) is 15.3. The summed E-state index contributed by atoms with van der Waals surface area (Å²) >= 11 is 12.3. The van der Waals surface area contributed by atoms with Crippen molar-refractivity contribution in [1.82, 2.24) is 4.90 Å². The number of halogens is 3. The number of imide groups is 1. The topological polar surface area (TPSA) is 50.5 Å². The molecule has 0 fully saturated rings. The van der Waals surface area contributed by atoms with Gasteiger partial charge in [-0.1, -0.05) is 41.4 Å². The van der Waals surface area contributed by atoms with E-state index in [-0.39, 0.29) is 18.4 Å². The number of furan rings is 1. The number of hydrogen-bond donors (Lipinski definition) is 0. The third-order valence-corrected chi connectivity index (χ3v) is 5.59. The molecule has 0 radical (unpaired) electrons. The van der Waals surface area contributed by atoms with Gasteiger partial charge in [0.25, 0.3) is 11.8 Å². The van der Waals surface area contributed by atoms with Gasteiger partial charge in [0.05, 0.1) is 22.7 Å². The Balaban J connectivity index is 1.57. The van der Waals surface area contributed by atoms with Crippen LogP contribution >= 0.6 is 23.2 Å². The molecular formula is C23H12Cl2FNO3. The molecule has 0 unspecified atom stereocenters. The van der Waals surface area contributed by atoms with E-state index < -0.39 is 5.82 Å². The second kappa shape index (κ2) is 6.97. The van der Waals surface area contributed by atoms with E-state index in [1.165, 1.54) is 12.1 Å². The number of rotatable bonds is 3. The van der Waals surface area contributed by atoms with E-state index in [9.17, 15) is 14.0 Å². The number of hydrogen-bond acceptors (Lipinski definition) is 3. The van der Waals surface area contributed by atoms with Gasteiger partial charge in [0.15, 0.2) is 0 Å². The molecule has 0 spiro atoms. The summed E-state index contributed by atoms with van der Waals surface area (Å²) in [6.07, 6.45) is 0. The first-order chi connectivity index (χ1) is 14.4. The third-order valence-electron chi connectivity index (χ3n) is 5.05. The average Bonchev–Trinajstić information content (AvgIpc) is 3.22. The second-order valence-corrected chi connectivity index (χ2v) is 7.79. The Morgan fingerprint density at radius 3 is 2.20 bits per heavy atom. The quantitative estimate of drug-likeness (QED) is 0.349. The van der Waals surface area contributed by atoms with Crippen LogP contribution in [0.15, 0.2) is 65.1 Å². The smallest absolute Gasteiger partial charge is 0.261 e. The third kappa shape index (κ3) is 2.98. The highest BCUT2D eigenvalue weighted by molar-refractivity contribution is 6.36. The minimum Gasteiger partial charge on any atom is -0.459 e. The number of nitrogens with zero attached hydrogens (tertiary/aromatic N) is 1. The van der Waals surface area contributed by atoms with Crippen molar-refractivity contribution in [1.29, 1.82) is 0 Å². The summed E-state index contributed by atoms with van der Waals surface area (Å²) in [6, 6.07) is 15.8. The summed E-state index contributed by atoms with van der Waals surface area (Å²) in [6.45, 7) is -0.0591. The molecule has 0 aliphatic carbocycles. The minimum absolute atomic E-state index is 0.0591. The van der Waals surface area contributed by atoms with Gasteiger partial charge in [-0.3, -0.25) is 14.5 Å². The lowest BCUT2D eigenvalue weighted by Crippen LogP contribution is -2.28. The zero-order valence-corrected chi connectivity index (χ0v) is 16.8. The first-order valence-corrected chi connectivity index (χ1v) is 9.80. The normalized spacial score (nSPS) is 13.4. The van der Waals surface area contributed by atoms with Crippen LogP contribution in [0.5, 0.6) is 0 Å². The Morgan fingerprint density at radius 1 is 0.833 bits per heavy atom. The molecule has 2 amide bonds. The minimum atomic E-state index is -0.461. The highest BCUT2D eigenvalue weighted by atomic mass is 35.5. The summed E-state index contributed by atoms with van der Waals surface area (Å²) in [5.41, 5.74) is 2.15. The van der Waals surface area contributed by atoms with E-state index >= 15 is 0 Å². The van der Waals surface area contributed by atoms with Crippen LogP contribution in [-0.2, 0) is 6.54 Å². The molecule has 1 aliphatic heterocycles. The highest BCUT2D eigenvalue weighted by Crippen LogP contribution is 2.37. The first kappa shape index (κ1) is 18.9. The van der Waals surface area contributed by atoms with Gasteiger partial charge in [0.2, 0.25) is 0 Å². The van der Waals surface area contributed by atoms with Crippen LogP contribution in [0.1, 0.15) is 26.5 Å².